The summed E-state index contributed by atoms with van der Waals surface area (Å²) in [4.78, 5) is 27.5. The van der Waals surface area contributed by atoms with Gasteiger partial charge in [-0.15, -0.1) is 0 Å². The third-order valence-electron chi connectivity index (χ3n) is 4.96. The number of carbonyl (C=O) groups is 2. The first kappa shape index (κ1) is 18.0. The Morgan fingerprint density at radius 2 is 1.64 bits per heavy atom. The van der Waals surface area contributed by atoms with Crippen molar-refractivity contribution >= 4 is 17.6 Å². The van der Waals surface area contributed by atoms with E-state index in [2.05, 4.69) is 0 Å². The van der Waals surface area contributed by atoms with Crippen molar-refractivity contribution in [2.45, 2.75) is 26.0 Å². The lowest BCUT2D eigenvalue weighted by Crippen LogP contribution is -2.44. The molecule has 3 aromatic rings. The highest BCUT2D eigenvalue weighted by Gasteiger charge is 2.34. The fraction of sp³-hybridized carbons (Fsp3) is 0.167. The highest BCUT2D eigenvalue weighted by atomic mass is 16.5. The molecule has 0 saturated carbocycles. The maximum absolute atomic E-state index is 13.4. The van der Waals surface area contributed by atoms with Gasteiger partial charge < -0.3 is 9.64 Å². The molecule has 1 atom stereocenters. The molecule has 1 amide bonds. The Kier molecular flexibility index (Phi) is 4.94. The van der Waals surface area contributed by atoms with Gasteiger partial charge in [-0.25, -0.2) is 4.79 Å². The standard InChI is InChI=1S/C24H21NO3/c1-17-11-13-20(14-12-17)25(16-18-7-3-2-4-8-18)23(26)22-15-19-9-5-6-10-21(19)24(27)28-22/h2-14,22H,15-16H2,1H3. The molecule has 1 heterocycles. The largest absolute Gasteiger partial charge is 0.448 e. The quantitative estimate of drug-likeness (QED) is 0.642. The van der Waals surface area contributed by atoms with Crippen molar-refractivity contribution in [2.75, 3.05) is 4.90 Å². The summed E-state index contributed by atoms with van der Waals surface area (Å²) in [5.74, 6) is -0.653. The van der Waals surface area contributed by atoms with E-state index in [4.69, 9.17) is 4.74 Å². The summed E-state index contributed by atoms with van der Waals surface area (Å²) in [7, 11) is 0. The number of hydrogen-bond donors (Lipinski definition) is 0. The zero-order valence-electron chi connectivity index (χ0n) is 15.7. The van der Waals surface area contributed by atoms with Gasteiger partial charge >= 0.3 is 5.97 Å². The van der Waals surface area contributed by atoms with Crippen LogP contribution in [0.4, 0.5) is 5.69 Å². The molecule has 140 valence electrons. The molecule has 4 heteroatoms. The number of benzene rings is 3. The van der Waals surface area contributed by atoms with Crippen molar-refractivity contribution in [1.29, 1.82) is 0 Å². The summed E-state index contributed by atoms with van der Waals surface area (Å²) in [6, 6.07) is 24.9. The summed E-state index contributed by atoms with van der Waals surface area (Å²) in [6.45, 7) is 2.42. The minimum atomic E-state index is -0.826. The van der Waals surface area contributed by atoms with Crippen molar-refractivity contribution in [3.8, 4) is 0 Å². The molecule has 0 aliphatic carbocycles. The normalized spacial score (nSPS) is 15.5. The Bertz CT molecular complexity index is 996. The van der Waals surface area contributed by atoms with E-state index in [1.54, 1.807) is 17.0 Å². The SMILES string of the molecule is Cc1ccc(N(Cc2ccccc2)C(=O)C2Cc3ccccc3C(=O)O2)cc1. The van der Waals surface area contributed by atoms with Crippen LogP contribution >= 0.6 is 0 Å². The Hall–Kier alpha value is -3.40. The van der Waals surface area contributed by atoms with Crippen LogP contribution in [0.2, 0.25) is 0 Å². The average molecular weight is 371 g/mol. The molecule has 0 fully saturated rings. The molecular formula is C24H21NO3. The van der Waals surface area contributed by atoms with Crippen LogP contribution in [0, 0.1) is 6.92 Å². The molecule has 28 heavy (non-hydrogen) atoms. The zero-order valence-corrected chi connectivity index (χ0v) is 15.7. The smallest absolute Gasteiger partial charge is 0.339 e. The number of anilines is 1. The number of carbonyl (C=O) groups excluding carboxylic acids is 2. The van der Waals surface area contributed by atoms with Crippen molar-refractivity contribution in [3.05, 3.63) is 101 Å². The van der Waals surface area contributed by atoms with Gasteiger partial charge in [-0.05, 0) is 36.2 Å². The van der Waals surface area contributed by atoms with Crippen LogP contribution in [-0.2, 0) is 22.5 Å². The highest BCUT2D eigenvalue weighted by molar-refractivity contribution is 6.01. The Morgan fingerprint density at radius 3 is 2.39 bits per heavy atom. The number of cyclic esters (lactones) is 1. The monoisotopic (exact) mass is 371 g/mol. The van der Waals surface area contributed by atoms with E-state index in [0.717, 1.165) is 22.4 Å². The van der Waals surface area contributed by atoms with E-state index < -0.39 is 12.1 Å². The molecular weight excluding hydrogens is 350 g/mol. The van der Waals surface area contributed by atoms with E-state index in [9.17, 15) is 9.59 Å². The Labute approximate surface area is 164 Å². The number of nitrogens with zero attached hydrogens (tertiary/aromatic N) is 1. The van der Waals surface area contributed by atoms with Crippen LogP contribution in [0.15, 0.2) is 78.9 Å². The molecule has 1 aliphatic rings. The van der Waals surface area contributed by atoms with Gasteiger partial charge in [-0.3, -0.25) is 4.79 Å². The topological polar surface area (TPSA) is 46.6 Å². The number of amides is 1. The van der Waals surface area contributed by atoms with Crippen LogP contribution in [0.25, 0.3) is 0 Å². The fourth-order valence-corrected chi connectivity index (χ4v) is 3.43. The average Bonchev–Trinajstić information content (AvgIpc) is 2.73. The van der Waals surface area contributed by atoms with Gasteiger partial charge in [0.25, 0.3) is 5.91 Å². The lowest BCUT2D eigenvalue weighted by molar-refractivity contribution is -0.127. The second-order valence-corrected chi connectivity index (χ2v) is 7.00. The third kappa shape index (κ3) is 3.67. The molecule has 0 bridgehead atoms. The predicted molar refractivity (Wildman–Crippen MR) is 108 cm³/mol. The number of rotatable bonds is 4. The van der Waals surface area contributed by atoms with Crippen LogP contribution in [0.3, 0.4) is 0 Å². The van der Waals surface area contributed by atoms with Crippen LogP contribution in [0.1, 0.15) is 27.0 Å². The number of aryl methyl sites for hydroxylation is 1. The molecule has 0 aromatic heterocycles. The minimum absolute atomic E-state index is 0.212. The van der Waals surface area contributed by atoms with Crippen LogP contribution in [0.5, 0.6) is 0 Å². The van der Waals surface area contributed by atoms with E-state index in [0.29, 0.717) is 18.5 Å². The highest BCUT2D eigenvalue weighted by Crippen LogP contribution is 2.25. The van der Waals surface area contributed by atoms with E-state index in [-0.39, 0.29) is 5.91 Å². The molecule has 4 nitrogen and oxygen atoms in total. The van der Waals surface area contributed by atoms with Crippen LogP contribution < -0.4 is 4.90 Å². The number of fused-ring (bicyclic) bond motifs is 1. The zero-order chi connectivity index (χ0) is 19.5. The molecule has 0 N–H and O–H groups in total. The molecule has 0 radical (unpaired) electrons. The van der Waals surface area contributed by atoms with Crippen molar-refractivity contribution in [1.82, 2.24) is 0 Å². The number of ether oxygens (including phenoxy) is 1. The van der Waals surface area contributed by atoms with Gasteiger partial charge in [-0.2, -0.15) is 0 Å². The lowest BCUT2D eigenvalue weighted by atomic mass is 9.97. The van der Waals surface area contributed by atoms with Gasteiger partial charge in [0.05, 0.1) is 12.1 Å². The minimum Gasteiger partial charge on any atom is -0.448 e. The second-order valence-electron chi connectivity index (χ2n) is 7.00. The number of hydrogen-bond acceptors (Lipinski definition) is 3. The van der Waals surface area contributed by atoms with Gasteiger partial charge in [-0.1, -0.05) is 66.2 Å². The molecule has 3 aromatic carbocycles. The molecule has 0 spiro atoms. The molecule has 1 unspecified atom stereocenters. The Morgan fingerprint density at radius 1 is 0.964 bits per heavy atom. The van der Waals surface area contributed by atoms with Crippen molar-refractivity contribution in [2.24, 2.45) is 0 Å². The molecule has 0 saturated heterocycles. The van der Waals surface area contributed by atoms with Gasteiger partial charge in [0.15, 0.2) is 6.10 Å². The first-order valence-corrected chi connectivity index (χ1v) is 9.32. The summed E-state index contributed by atoms with van der Waals surface area (Å²) < 4.78 is 5.51. The summed E-state index contributed by atoms with van der Waals surface area (Å²) in [5.41, 5.74) is 4.30. The van der Waals surface area contributed by atoms with Gasteiger partial charge in [0.1, 0.15) is 0 Å². The first-order valence-electron chi connectivity index (χ1n) is 9.32. The van der Waals surface area contributed by atoms with Crippen molar-refractivity contribution < 1.29 is 14.3 Å². The Balaban J connectivity index is 1.65. The maximum atomic E-state index is 13.4. The second kappa shape index (κ2) is 7.69. The van der Waals surface area contributed by atoms with Crippen LogP contribution in [-0.4, -0.2) is 18.0 Å². The lowest BCUT2D eigenvalue weighted by Gasteiger charge is -2.30. The fourth-order valence-electron chi connectivity index (χ4n) is 3.43. The summed E-state index contributed by atoms with van der Waals surface area (Å²) in [6.07, 6.45) is -0.440. The van der Waals surface area contributed by atoms with E-state index >= 15 is 0 Å². The van der Waals surface area contributed by atoms with E-state index in [1.165, 1.54) is 0 Å². The first-order chi connectivity index (χ1) is 13.6. The molecule has 4 rings (SSSR count). The van der Waals surface area contributed by atoms with E-state index in [1.807, 2.05) is 73.7 Å². The summed E-state index contributed by atoms with van der Waals surface area (Å²) >= 11 is 0. The number of esters is 1. The van der Waals surface area contributed by atoms with Gasteiger partial charge in [0, 0.05) is 12.1 Å². The maximum Gasteiger partial charge on any atom is 0.339 e. The van der Waals surface area contributed by atoms with Gasteiger partial charge in [0.2, 0.25) is 0 Å². The third-order valence-corrected chi connectivity index (χ3v) is 4.96. The van der Waals surface area contributed by atoms with Crippen molar-refractivity contribution in [3.63, 3.8) is 0 Å². The molecule has 1 aliphatic heterocycles. The predicted octanol–water partition coefficient (Wildman–Crippen LogP) is 4.31. The summed E-state index contributed by atoms with van der Waals surface area (Å²) in [5, 5.41) is 0.